The van der Waals surface area contributed by atoms with Crippen LogP contribution in [0.5, 0.6) is 0 Å². The van der Waals surface area contributed by atoms with E-state index in [1.807, 2.05) is 0 Å². The Labute approximate surface area is 191 Å². The Kier molecular flexibility index (Phi) is 7.73. The molecule has 1 fully saturated rings. The summed E-state index contributed by atoms with van der Waals surface area (Å²) in [5.41, 5.74) is 1.17. The van der Waals surface area contributed by atoms with Crippen LogP contribution in [0.3, 0.4) is 0 Å². The van der Waals surface area contributed by atoms with Gasteiger partial charge in [-0.1, -0.05) is 11.6 Å². The first-order chi connectivity index (χ1) is 15.3. The minimum absolute atomic E-state index is 0.0931. The molecule has 1 atom stereocenters. The summed E-state index contributed by atoms with van der Waals surface area (Å²) in [5, 5.41) is 11.8. The van der Waals surface area contributed by atoms with Crippen LogP contribution in [0.4, 0.5) is 10.5 Å². The van der Waals surface area contributed by atoms with Gasteiger partial charge in [0.2, 0.25) is 11.8 Å². The Morgan fingerprint density at radius 2 is 1.88 bits per heavy atom. The lowest BCUT2D eigenvalue weighted by Crippen LogP contribution is -2.52. The number of halogens is 1. The van der Waals surface area contributed by atoms with E-state index in [0.717, 1.165) is 0 Å². The van der Waals surface area contributed by atoms with E-state index in [9.17, 15) is 14.4 Å². The van der Waals surface area contributed by atoms with Gasteiger partial charge in [0, 0.05) is 51.5 Å². The molecule has 11 nitrogen and oxygen atoms in total. The zero-order valence-electron chi connectivity index (χ0n) is 18.5. The van der Waals surface area contributed by atoms with Gasteiger partial charge in [-0.2, -0.15) is 10.2 Å². The molecule has 174 valence electrons. The predicted octanol–water partition coefficient (Wildman–Crippen LogP) is 1.93. The summed E-state index contributed by atoms with van der Waals surface area (Å²) in [6.45, 7) is 7.75. The van der Waals surface area contributed by atoms with Crippen molar-refractivity contribution in [2.45, 2.75) is 39.8 Å². The summed E-state index contributed by atoms with van der Waals surface area (Å²) >= 11 is 5.83. The molecule has 3 heterocycles. The first-order valence-corrected chi connectivity index (χ1v) is 10.9. The smallest absolute Gasteiger partial charge is 0.409 e. The highest BCUT2D eigenvalue weighted by molar-refractivity contribution is 6.30. The molecule has 32 heavy (non-hydrogen) atoms. The third-order valence-electron chi connectivity index (χ3n) is 5.23. The number of ether oxygens (including phenoxy) is 1. The molecule has 0 aromatic carbocycles. The Bertz CT molecular complexity index is 965. The monoisotopic (exact) mass is 465 g/mol. The number of nitrogens with zero attached hydrogens (tertiary/aromatic N) is 6. The third kappa shape index (κ3) is 5.78. The number of anilines is 1. The van der Waals surface area contributed by atoms with Crippen molar-refractivity contribution >= 4 is 35.2 Å². The Balaban J connectivity index is 1.53. The number of carbonyl (C=O) groups excluding carboxylic acids is 3. The van der Waals surface area contributed by atoms with E-state index in [0.29, 0.717) is 55.7 Å². The molecule has 0 aliphatic carbocycles. The van der Waals surface area contributed by atoms with Gasteiger partial charge in [-0.3, -0.25) is 19.0 Å². The number of aryl methyl sites for hydroxylation is 2. The van der Waals surface area contributed by atoms with Crippen molar-refractivity contribution in [3.8, 4) is 0 Å². The van der Waals surface area contributed by atoms with Crippen LogP contribution in [0.15, 0.2) is 18.6 Å². The molecule has 1 saturated heterocycles. The van der Waals surface area contributed by atoms with Crippen molar-refractivity contribution in [2.75, 3.05) is 38.1 Å². The van der Waals surface area contributed by atoms with E-state index in [1.165, 1.54) is 6.20 Å². The highest BCUT2D eigenvalue weighted by Crippen LogP contribution is 2.19. The second-order valence-corrected chi connectivity index (χ2v) is 7.95. The maximum Gasteiger partial charge on any atom is 0.409 e. The van der Waals surface area contributed by atoms with Gasteiger partial charge >= 0.3 is 6.09 Å². The Morgan fingerprint density at radius 3 is 2.50 bits per heavy atom. The Hall–Kier alpha value is -3.08. The van der Waals surface area contributed by atoms with Crippen LogP contribution in [0, 0.1) is 6.92 Å². The SMILES string of the molecule is CCOC(=O)N1CCN(C(=O)C(C)n2cc(NC(=O)CCn3cc(Cl)cn3)c(C)n2)CC1. The molecule has 1 unspecified atom stereocenters. The maximum absolute atomic E-state index is 12.9. The molecule has 1 N–H and O–H groups in total. The fourth-order valence-electron chi connectivity index (χ4n) is 3.39. The molecule has 1 aliphatic heterocycles. The lowest BCUT2D eigenvalue weighted by atomic mass is 10.2. The van der Waals surface area contributed by atoms with E-state index in [-0.39, 0.29) is 24.3 Å². The average molecular weight is 466 g/mol. The topological polar surface area (TPSA) is 115 Å². The van der Waals surface area contributed by atoms with Crippen LogP contribution in [0.2, 0.25) is 5.02 Å². The molecule has 0 bridgehead atoms. The number of carbonyl (C=O) groups is 3. The number of hydrogen-bond donors (Lipinski definition) is 1. The van der Waals surface area contributed by atoms with E-state index >= 15 is 0 Å². The molecule has 0 radical (unpaired) electrons. The van der Waals surface area contributed by atoms with Gasteiger partial charge in [-0.05, 0) is 20.8 Å². The largest absolute Gasteiger partial charge is 0.450 e. The summed E-state index contributed by atoms with van der Waals surface area (Å²) < 4.78 is 8.16. The van der Waals surface area contributed by atoms with Crippen molar-refractivity contribution in [1.29, 1.82) is 0 Å². The molecule has 0 spiro atoms. The fraction of sp³-hybridized carbons (Fsp3) is 0.550. The highest BCUT2D eigenvalue weighted by atomic mass is 35.5. The Morgan fingerprint density at radius 1 is 1.19 bits per heavy atom. The van der Waals surface area contributed by atoms with Gasteiger partial charge in [0.1, 0.15) is 6.04 Å². The van der Waals surface area contributed by atoms with E-state index in [1.54, 1.807) is 52.3 Å². The minimum Gasteiger partial charge on any atom is -0.450 e. The number of piperazine rings is 1. The predicted molar refractivity (Wildman–Crippen MR) is 117 cm³/mol. The van der Waals surface area contributed by atoms with Crippen LogP contribution in [-0.2, 0) is 20.9 Å². The lowest BCUT2D eigenvalue weighted by molar-refractivity contribution is -0.136. The molecule has 3 rings (SSSR count). The van der Waals surface area contributed by atoms with Crippen LogP contribution < -0.4 is 5.32 Å². The van der Waals surface area contributed by atoms with Gasteiger partial charge in [0.25, 0.3) is 0 Å². The molecular formula is C20H28ClN7O4. The molecule has 2 aromatic heterocycles. The van der Waals surface area contributed by atoms with E-state index in [4.69, 9.17) is 16.3 Å². The summed E-state index contributed by atoms with van der Waals surface area (Å²) in [5.74, 6) is -0.280. The van der Waals surface area contributed by atoms with Gasteiger partial charge in [-0.25, -0.2) is 4.79 Å². The first kappa shape index (κ1) is 23.6. The molecule has 2 aromatic rings. The fourth-order valence-corrected chi connectivity index (χ4v) is 3.55. The molecule has 1 aliphatic rings. The van der Waals surface area contributed by atoms with Crippen molar-refractivity contribution in [3.63, 3.8) is 0 Å². The highest BCUT2D eigenvalue weighted by Gasteiger charge is 2.29. The molecular weight excluding hydrogens is 438 g/mol. The van der Waals surface area contributed by atoms with Crippen molar-refractivity contribution in [1.82, 2.24) is 29.4 Å². The second-order valence-electron chi connectivity index (χ2n) is 7.52. The number of nitrogens with one attached hydrogen (secondary N) is 1. The van der Waals surface area contributed by atoms with Crippen LogP contribution in [-0.4, -0.2) is 80.1 Å². The summed E-state index contributed by atoms with van der Waals surface area (Å²) in [7, 11) is 0. The van der Waals surface area contributed by atoms with Crippen LogP contribution in [0.25, 0.3) is 0 Å². The average Bonchev–Trinajstić information content (AvgIpc) is 3.36. The summed E-state index contributed by atoms with van der Waals surface area (Å²) in [6.07, 6.45) is 4.70. The normalized spacial score (nSPS) is 14.9. The van der Waals surface area contributed by atoms with Gasteiger partial charge in [0.15, 0.2) is 0 Å². The first-order valence-electron chi connectivity index (χ1n) is 10.5. The van der Waals surface area contributed by atoms with Crippen molar-refractivity contribution in [2.24, 2.45) is 0 Å². The zero-order chi connectivity index (χ0) is 23.3. The molecule has 3 amide bonds. The van der Waals surface area contributed by atoms with Crippen LogP contribution >= 0.6 is 11.6 Å². The van der Waals surface area contributed by atoms with Gasteiger partial charge in [-0.15, -0.1) is 0 Å². The molecule has 0 saturated carbocycles. The second kappa shape index (κ2) is 10.5. The lowest BCUT2D eigenvalue weighted by Gasteiger charge is -2.35. The maximum atomic E-state index is 12.9. The van der Waals surface area contributed by atoms with Crippen molar-refractivity contribution < 1.29 is 19.1 Å². The number of aromatic nitrogens is 4. The van der Waals surface area contributed by atoms with Gasteiger partial charge < -0.3 is 19.9 Å². The third-order valence-corrected chi connectivity index (χ3v) is 5.43. The van der Waals surface area contributed by atoms with E-state index < -0.39 is 6.04 Å². The van der Waals surface area contributed by atoms with Crippen LogP contribution in [0.1, 0.15) is 32.0 Å². The number of hydrogen-bond acceptors (Lipinski definition) is 6. The zero-order valence-corrected chi connectivity index (χ0v) is 19.2. The van der Waals surface area contributed by atoms with E-state index in [2.05, 4.69) is 15.5 Å². The summed E-state index contributed by atoms with van der Waals surface area (Å²) in [6, 6.07) is -0.542. The van der Waals surface area contributed by atoms with Gasteiger partial charge in [0.05, 0.1) is 29.2 Å². The van der Waals surface area contributed by atoms with Crippen molar-refractivity contribution in [3.05, 3.63) is 29.3 Å². The number of amides is 3. The summed E-state index contributed by atoms with van der Waals surface area (Å²) in [4.78, 5) is 40.4. The standard InChI is InChI=1S/C20H28ClN7O4/c1-4-32-20(31)26-9-7-25(8-10-26)19(30)15(3)28-13-17(14(2)24-28)23-18(29)5-6-27-12-16(21)11-22-27/h11-13,15H,4-10H2,1-3H3,(H,23,29). The molecule has 12 heteroatoms. The number of rotatable bonds is 7. The quantitative estimate of drug-likeness (QED) is 0.668. The minimum atomic E-state index is -0.542.